The van der Waals surface area contributed by atoms with E-state index in [1.54, 1.807) is 6.07 Å². The third-order valence-electron chi connectivity index (χ3n) is 4.35. The van der Waals surface area contributed by atoms with E-state index in [9.17, 15) is 19.7 Å². The minimum atomic E-state index is -0.609. The molecule has 0 unspecified atom stereocenters. The molecule has 1 amide bonds. The number of hydrogen-bond donors (Lipinski definition) is 1. The molecule has 3 aromatic rings. The Bertz CT molecular complexity index is 1150. The van der Waals surface area contributed by atoms with Crippen molar-refractivity contribution < 1.29 is 24.0 Å². The zero-order valence-electron chi connectivity index (χ0n) is 17.5. The van der Waals surface area contributed by atoms with Gasteiger partial charge in [-0.05, 0) is 25.0 Å². The van der Waals surface area contributed by atoms with E-state index in [2.05, 4.69) is 24.3 Å². The minimum Gasteiger partial charge on any atom is -0.494 e. The summed E-state index contributed by atoms with van der Waals surface area (Å²) >= 11 is 1.27. The van der Waals surface area contributed by atoms with E-state index in [1.165, 1.54) is 36.6 Å². The third-order valence-corrected chi connectivity index (χ3v) is 5.48. The molecule has 3 rings (SSSR count). The highest BCUT2D eigenvalue weighted by molar-refractivity contribution is 7.20. The number of carbonyl (C=O) groups is 2. The van der Waals surface area contributed by atoms with Crippen molar-refractivity contribution in [1.29, 1.82) is 0 Å². The molecule has 0 aliphatic carbocycles. The van der Waals surface area contributed by atoms with Crippen LogP contribution in [0, 0.1) is 23.0 Å². The SMILES string of the molecule is COc1cc([N+](=O)[O-])ccc1NC(=O)COC(=O)c1cc2c(C)nn(CC(C)C)c2s1. The standard InChI is InChI=1S/C20H22N4O6S/c1-11(2)9-23-19-14(12(3)22-23)8-17(31-19)20(26)30-10-18(25)21-15-6-5-13(24(27)28)7-16(15)29-4/h5-8,11H,9-10H2,1-4H3,(H,21,25). The first-order chi connectivity index (χ1) is 14.7. The lowest BCUT2D eigenvalue weighted by molar-refractivity contribution is -0.384. The van der Waals surface area contributed by atoms with Gasteiger partial charge >= 0.3 is 5.97 Å². The van der Waals surface area contributed by atoms with Crippen molar-refractivity contribution in [1.82, 2.24) is 9.78 Å². The molecule has 0 saturated heterocycles. The molecule has 0 spiro atoms. The maximum atomic E-state index is 12.4. The van der Waals surface area contributed by atoms with Crippen molar-refractivity contribution in [2.75, 3.05) is 19.0 Å². The summed E-state index contributed by atoms with van der Waals surface area (Å²) in [6.45, 7) is 6.28. The monoisotopic (exact) mass is 446 g/mol. The van der Waals surface area contributed by atoms with Gasteiger partial charge in [-0.1, -0.05) is 13.8 Å². The fraction of sp³-hybridized carbons (Fsp3) is 0.350. The fourth-order valence-corrected chi connectivity index (χ4v) is 4.03. The summed E-state index contributed by atoms with van der Waals surface area (Å²) in [4.78, 5) is 36.2. The summed E-state index contributed by atoms with van der Waals surface area (Å²) in [5, 5.41) is 18.8. The Hall–Kier alpha value is -3.47. The van der Waals surface area contributed by atoms with Crippen LogP contribution in [0.4, 0.5) is 11.4 Å². The summed E-state index contributed by atoms with van der Waals surface area (Å²) in [5.41, 5.74) is 0.895. The Morgan fingerprint density at radius 3 is 2.71 bits per heavy atom. The Balaban J connectivity index is 1.65. The number of esters is 1. The van der Waals surface area contributed by atoms with Gasteiger partial charge < -0.3 is 14.8 Å². The molecule has 0 aliphatic rings. The molecule has 0 atom stereocenters. The van der Waals surface area contributed by atoms with Crippen LogP contribution in [0.2, 0.25) is 0 Å². The molecule has 2 heterocycles. The molecular weight excluding hydrogens is 424 g/mol. The van der Waals surface area contributed by atoms with Crippen LogP contribution in [0.25, 0.3) is 10.2 Å². The topological polar surface area (TPSA) is 126 Å². The first-order valence-corrected chi connectivity index (χ1v) is 10.3. The van der Waals surface area contributed by atoms with Gasteiger partial charge in [0.2, 0.25) is 0 Å². The molecule has 2 aromatic heterocycles. The van der Waals surface area contributed by atoms with Crippen LogP contribution >= 0.6 is 11.3 Å². The molecule has 0 bridgehead atoms. The smallest absolute Gasteiger partial charge is 0.348 e. The number of thiophene rings is 1. The molecule has 1 N–H and O–H groups in total. The molecule has 10 nitrogen and oxygen atoms in total. The minimum absolute atomic E-state index is 0.128. The highest BCUT2D eigenvalue weighted by Gasteiger charge is 2.19. The molecule has 31 heavy (non-hydrogen) atoms. The van der Waals surface area contributed by atoms with Crippen molar-refractivity contribution in [2.24, 2.45) is 5.92 Å². The molecule has 0 fully saturated rings. The fourth-order valence-electron chi connectivity index (χ4n) is 2.97. The predicted octanol–water partition coefficient (Wildman–Crippen LogP) is 3.77. The molecule has 0 aliphatic heterocycles. The highest BCUT2D eigenvalue weighted by atomic mass is 32.1. The van der Waals surface area contributed by atoms with Crippen LogP contribution in [0.15, 0.2) is 24.3 Å². The number of fused-ring (bicyclic) bond motifs is 1. The zero-order valence-corrected chi connectivity index (χ0v) is 18.3. The average Bonchev–Trinajstić information content (AvgIpc) is 3.27. The number of benzene rings is 1. The molecule has 1 aromatic carbocycles. The first-order valence-electron chi connectivity index (χ1n) is 9.46. The second-order valence-electron chi connectivity index (χ2n) is 7.26. The predicted molar refractivity (Wildman–Crippen MR) is 116 cm³/mol. The number of methoxy groups -OCH3 is 1. The number of aryl methyl sites for hydroxylation is 1. The summed E-state index contributed by atoms with van der Waals surface area (Å²) in [5.74, 6) is -0.671. The number of non-ortho nitro benzene ring substituents is 1. The van der Waals surface area contributed by atoms with Crippen LogP contribution in [0.3, 0.4) is 0 Å². The van der Waals surface area contributed by atoms with E-state index in [0.29, 0.717) is 10.8 Å². The average molecular weight is 446 g/mol. The summed E-state index contributed by atoms with van der Waals surface area (Å²) in [7, 11) is 1.33. The van der Waals surface area contributed by atoms with Crippen LogP contribution in [0.1, 0.15) is 29.2 Å². The highest BCUT2D eigenvalue weighted by Crippen LogP contribution is 2.30. The van der Waals surface area contributed by atoms with Crippen LogP contribution in [-0.2, 0) is 16.1 Å². The number of anilines is 1. The van der Waals surface area contributed by atoms with Crippen molar-refractivity contribution in [2.45, 2.75) is 27.3 Å². The van der Waals surface area contributed by atoms with Gasteiger partial charge in [0.15, 0.2) is 6.61 Å². The number of nitro benzene ring substituents is 1. The Morgan fingerprint density at radius 1 is 1.32 bits per heavy atom. The van der Waals surface area contributed by atoms with Gasteiger partial charge in [-0.25, -0.2) is 4.79 Å². The van der Waals surface area contributed by atoms with Crippen LogP contribution in [-0.4, -0.2) is 40.3 Å². The van der Waals surface area contributed by atoms with E-state index < -0.39 is 23.4 Å². The Kier molecular flexibility index (Phi) is 6.54. The normalized spacial score (nSPS) is 11.0. The Morgan fingerprint density at radius 2 is 2.06 bits per heavy atom. The maximum Gasteiger partial charge on any atom is 0.348 e. The number of nitrogens with zero attached hydrogens (tertiary/aromatic N) is 3. The lowest BCUT2D eigenvalue weighted by Gasteiger charge is -2.10. The van der Waals surface area contributed by atoms with Gasteiger partial charge in [0.05, 0.1) is 29.5 Å². The number of nitrogens with one attached hydrogen (secondary N) is 1. The number of ether oxygens (including phenoxy) is 2. The van der Waals surface area contributed by atoms with Crippen molar-refractivity contribution >= 4 is 44.8 Å². The van der Waals surface area contributed by atoms with Gasteiger partial charge in [-0.3, -0.25) is 19.6 Å². The molecule has 164 valence electrons. The lowest BCUT2D eigenvalue weighted by atomic mass is 10.2. The van der Waals surface area contributed by atoms with E-state index in [1.807, 2.05) is 11.6 Å². The Labute approximate surface area is 181 Å². The number of rotatable bonds is 8. The van der Waals surface area contributed by atoms with E-state index >= 15 is 0 Å². The van der Waals surface area contributed by atoms with Gasteiger partial charge in [0.1, 0.15) is 15.5 Å². The second-order valence-corrected chi connectivity index (χ2v) is 8.29. The van der Waals surface area contributed by atoms with E-state index in [-0.39, 0.29) is 17.1 Å². The van der Waals surface area contributed by atoms with Crippen LogP contribution in [0.5, 0.6) is 5.75 Å². The van der Waals surface area contributed by atoms with Gasteiger partial charge in [0, 0.05) is 18.0 Å². The lowest BCUT2D eigenvalue weighted by Crippen LogP contribution is -2.21. The van der Waals surface area contributed by atoms with E-state index in [4.69, 9.17) is 9.47 Å². The zero-order chi connectivity index (χ0) is 22.7. The largest absolute Gasteiger partial charge is 0.494 e. The second kappa shape index (κ2) is 9.13. The first kappa shape index (κ1) is 22.2. The third kappa shape index (κ3) is 5.00. The number of amides is 1. The molecule has 0 saturated carbocycles. The quantitative estimate of drug-likeness (QED) is 0.317. The van der Waals surface area contributed by atoms with Gasteiger partial charge in [0.25, 0.3) is 11.6 Å². The number of carbonyl (C=O) groups excluding carboxylic acids is 2. The number of aromatic nitrogens is 2. The molecule has 0 radical (unpaired) electrons. The summed E-state index contributed by atoms with van der Waals surface area (Å²) in [6, 6.07) is 5.51. The van der Waals surface area contributed by atoms with Gasteiger partial charge in [-0.2, -0.15) is 5.10 Å². The maximum absolute atomic E-state index is 12.4. The summed E-state index contributed by atoms with van der Waals surface area (Å²) < 4.78 is 12.1. The van der Waals surface area contributed by atoms with Crippen LogP contribution < -0.4 is 10.1 Å². The van der Waals surface area contributed by atoms with Crippen molar-refractivity contribution in [3.8, 4) is 5.75 Å². The van der Waals surface area contributed by atoms with E-state index in [0.717, 1.165) is 22.5 Å². The molecule has 11 heteroatoms. The summed E-state index contributed by atoms with van der Waals surface area (Å²) in [6.07, 6.45) is 0. The number of hydrogen-bond acceptors (Lipinski definition) is 8. The molecular formula is C20H22N4O6S. The van der Waals surface area contributed by atoms with Crippen molar-refractivity contribution in [3.63, 3.8) is 0 Å². The van der Waals surface area contributed by atoms with Crippen molar-refractivity contribution in [3.05, 3.63) is 45.0 Å². The van der Waals surface area contributed by atoms with Gasteiger partial charge in [-0.15, -0.1) is 11.3 Å². The number of nitro groups is 1.